The number of aliphatic hydroxyl groups is 1. The molecule has 1 atom stereocenters. The van der Waals surface area contributed by atoms with Crippen LogP contribution in [0.1, 0.15) is 49.7 Å². The third kappa shape index (κ3) is 2.38. The molecule has 0 heterocycles. The maximum Gasteiger partial charge on any atom is 0.119 e. The Kier molecular flexibility index (Phi) is 3.49. The molecule has 0 aromatic heterocycles. The molecule has 1 aromatic carbocycles. The van der Waals surface area contributed by atoms with E-state index >= 15 is 0 Å². The van der Waals surface area contributed by atoms with Crippen LogP contribution in [0.3, 0.4) is 0 Å². The Morgan fingerprint density at radius 3 is 2.75 bits per heavy atom. The van der Waals surface area contributed by atoms with Gasteiger partial charge in [-0.15, -0.1) is 0 Å². The third-order valence-electron chi connectivity index (χ3n) is 3.19. The van der Waals surface area contributed by atoms with Crippen molar-refractivity contribution in [3.05, 3.63) is 29.3 Å². The fourth-order valence-electron chi connectivity index (χ4n) is 2.10. The minimum Gasteiger partial charge on any atom is -0.494 e. The molecule has 1 fully saturated rings. The maximum atomic E-state index is 9.29. The smallest absolute Gasteiger partial charge is 0.119 e. The molecule has 1 aromatic rings. The van der Waals surface area contributed by atoms with E-state index in [9.17, 15) is 5.11 Å². The summed E-state index contributed by atoms with van der Waals surface area (Å²) in [5, 5.41) is 9.29. The minimum absolute atomic E-state index is 0.204. The van der Waals surface area contributed by atoms with Crippen LogP contribution in [-0.4, -0.2) is 18.3 Å². The standard InChI is InChI=1S/C14H20O2/c1-3-16-12-6-7-13(11-4-5-11)14(8-12)10(2)9-15/h6-8,10-11,15H,3-5,9H2,1-2H3. The van der Waals surface area contributed by atoms with Crippen LogP contribution >= 0.6 is 0 Å². The second-order valence-corrected chi connectivity index (χ2v) is 4.58. The zero-order chi connectivity index (χ0) is 11.5. The van der Waals surface area contributed by atoms with Crippen molar-refractivity contribution in [1.82, 2.24) is 0 Å². The number of ether oxygens (including phenoxy) is 1. The van der Waals surface area contributed by atoms with Gasteiger partial charge in [0.25, 0.3) is 0 Å². The lowest BCUT2D eigenvalue weighted by molar-refractivity contribution is 0.272. The van der Waals surface area contributed by atoms with Crippen molar-refractivity contribution in [2.45, 2.75) is 38.5 Å². The highest BCUT2D eigenvalue weighted by Crippen LogP contribution is 2.44. The van der Waals surface area contributed by atoms with Crippen LogP contribution in [0.4, 0.5) is 0 Å². The van der Waals surface area contributed by atoms with Gasteiger partial charge >= 0.3 is 0 Å². The summed E-state index contributed by atoms with van der Waals surface area (Å²) in [5.41, 5.74) is 2.67. The molecule has 16 heavy (non-hydrogen) atoms. The summed E-state index contributed by atoms with van der Waals surface area (Å²) in [6.07, 6.45) is 2.58. The first-order chi connectivity index (χ1) is 7.76. The number of aliphatic hydroxyl groups excluding tert-OH is 1. The Morgan fingerprint density at radius 1 is 1.44 bits per heavy atom. The predicted octanol–water partition coefficient (Wildman–Crippen LogP) is 3.06. The van der Waals surface area contributed by atoms with Crippen LogP contribution in [-0.2, 0) is 0 Å². The lowest BCUT2D eigenvalue weighted by Crippen LogP contribution is -2.04. The van der Waals surface area contributed by atoms with Crippen molar-refractivity contribution in [2.24, 2.45) is 0 Å². The highest BCUT2D eigenvalue weighted by molar-refractivity contribution is 5.41. The van der Waals surface area contributed by atoms with E-state index in [0.717, 1.165) is 11.7 Å². The van der Waals surface area contributed by atoms with Crippen LogP contribution in [0.2, 0.25) is 0 Å². The van der Waals surface area contributed by atoms with Gasteiger partial charge in [0.2, 0.25) is 0 Å². The number of benzene rings is 1. The Hall–Kier alpha value is -1.02. The minimum atomic E-state index is 0.204. The third-order valence-corrected chi connectivity index (χ3v) is 3.19. The van der Waals surface area contributed by atoms with E-state index in [0.29, 0.717) is 6.61 Å². The molecule has 1 N–H and O–H groups in total. The molecule has 88 valence electrons. The summed E-state index contributed by atoms with van der Waals surface area (Å²) in [6.45, 7) is 4.95. The summed E-state index contributed by atoms with van der Waals surface area (Å²) in [4.78, 5) is 0. The van der Waals surface area contributed by atoms with Gasteiger partial charge in [-0.3, -0.25) is 0 Å². The monoisotopic (exact) mass is 220 g/mol. The Balaban J connectivity index is 2.30. The SMILES string of the molecule is CCOc1ccc(C2CC2)c(C(C)CO)c1. The van der Waals surface area contributed by atoms with Crippen molar-refractivity contribution in [3.8, 4) is 5.75 Å². The molecule has 1 aliphatic rings. The fourth-order valence-corrected chi connectivity index (χ4v) is 2.10. The molecule has 0 saturated heterocycles. The molecular weight excluding hydrogens is 200 g/mol. The number of hydrogen-bond donors (Lipinski definition) is 1. The van der Waals surface area contributed by atoms with Crippen molar-refractivity contribution in [1.29, 1.82) is 0 Å². The van der Waals surface area contributed by atoms with Crippen molar-refractivity contribution < 1.29 is 9.84 Å². The van der Waals surface area contributed by atoms with Gasteiger partial charge in [-0.05, 0) is 48.9 Å². The van der Waals surface area contributed by atoms with Gasteiger partial charge in [-0.1, -0.05) is 13.0 Å². The van der Waals surface area contributed by atoms with Crippen molar-refractivity contribution >= 4 is 0 Å². The number of hydrogen-bond acceptors (Lipinski definition) is 2. The van der Waals surface area contributed by atoms with Crippen LogP contribution in [0.15, 0.2) is 18.2 Å². The average molecular weight is 220 g/mol. The fraction of sp³-hybridized carbons (Fsp3) is 0.571. The van der Waals surface area contributed by atoms with Crippen molar-refractivity contribution in [3.63, 3.8) is 0 Å². The zero-order valence-corrected chi connectivity index (χ0v) is 10.1. The topological polar surface area (TPSA) is 29.5 Å². The van der Waals surface area contributed by atoms with Gasteiger partial charge in [0.15, 0.2) is 0 Å². The van der Waals surface area contributed by atoms with E-state index in [1.165, 1.54) is 24.0 Å². The summed E-state index contributed by atoms with van der Waals surface area (Å²) < 4.78 is 5.51. The van der Waals surface area contributed by atoms with E-state index in [4.69, 9.17) is 4.74 Å². The molecule has 1 saturated carbocycles. The van der Waals surface area contributed by atoms with Gasteiger partial charge < -0.3 is 9.84 Å². The van der Waals surface area contributed by atoms with Gasteiger partial charge in [-0.25, -0.2) is 0 Å². The molecule has 2 rings (SSSR count). The molecule has 1 aliphatic carbocycles. The Morgan fingerprint density at radius 2 is 2.19 bits per heavy atom. The lowest BCUT2D eigenvalue weighted by atomic mass is 9.93. The lowest BCUT2D eigenvalue weighted by Gasteiger charge is -2.16. The summed E-state index contributed by atoms with van der Waals surface area (Å²) in [5.74, 6) is 1.85. The second-order valence-electron chi connectivity index (χ2n) is 4.58. The molecule has 2 nitrogen and oxygen atoms in total. The summed E-state index contributed by atoms with van der Waals surface area (Å²) in [6, 6.07) is 6.31. The zero-order valence-electron chi connectivity index (χ0n) is 10.1. The van der Waals surface area contributed by atoms with E-state index in [1.54, 1.807) is 0 Å². The largest absolute Gasteiger partial charge is 0.494 e. The Bertz CT molecular complexity index is 356. The first-order valence-electron chi connectivity index (χ1n) is 6.13. The van der Waals surface area contributed by atoms with E-state index in [1.807, 2.05) is 13.0 Å². The second kappa shape index (κ2) is 4.88. The molecule has 0 bridgehead atoms. The molecule has 0 amide bonds. The van der Waals surface area contributed by atoms with Crippen LogP contribution in [0.25, 0.3) is 0 Å². The summed E-state index contributed by atoms with van der Waals surface area (Å²) >= 11 is 0. The molecular formula is C14H20O2. The normalized spacial score (nSPS) is 17.2. The van der Waals surface area contributed by atoms with Crippen LogP contribution in [0, 0.1) is 0 Å². The maximum absolute atomic E-state index is 9.29. The van der Waals surface area contributed by atoms with Crippen LogP contribution in [0.5, 0.6) is 5.75 Å². The van der Waals surface area contributed by atoms with E-state index in [2.05, 4.69) is 19.1 Å². The quantitative estimate of drug-likeness (QED) is 0.826. The van der Waals surface area contributed by atoms with Crippen LogP contribution < -0.4 is 4.74 Å². The van der Waals surface area contributed by atoms with E-state index < -0.39 is 0 Å². The molecule has 0 radical (unpaired) electrons. The molecule has 1 unspecified atom stereocenters. The summed E-state index contributed by atoms with van der Waals surface area (Å²) in [7, 11) is 0. The van der Waals surface area contributed by atoms with E-state index in [-0.39, 0.29) is 12.5 Å². The Labute approximate surface area is 97.3 Å². The highest BCUT2D eigenvalue weighted by Gasteiger charge is 2.27. The average Bonchev–Trinajstić information content (AvgIpc) is 3.12. The highest BCUT2D eigenvalue weighted by atomic mass is 16.5. The predicted molar refractivity (Wildman–Crippen MR) is 65.1 cm³/mol. The van der Waals surface area contributed by atoms with Gasteiger partial charge in [0.05, 0.1) is 6.61 Å². The van der Waals surface area contributed by atoms with Crippen molar-refractivity contribution in [2.75, 3.05) is 13.2 Å². The molecule has 0 spiro atoms. The molecule has 0 aliphatic heterocycles. The van der Waals surface area contributed by atoms with Gasteiger partial charge in [-0.2, -0.15) is 0 Å². The first-order valence-corrected chi connectivity index (χ1v) is 6.13. The number of rotatable bonds is 5. The first kappa shape index (κ1) is 11.5. The van der Waals surface area contributed by atoms with Gasteiger partial charge in [0.1, 0.15) is 5.75 Å². The molecule has 2 heteroatoms. The van der Waals surface area contributed by atoms with Gasteiger partial charge in [0, 0.05) is 12.5 Å².